The fraction of sp³-hybridized carbons (Fsp3) is 0.429. The van der Waals surface area contributed by atoms with E-state index in [1.165, 1.54) is 5.56 Å². The number of hydrogen-bond donors (Lipinski definition) is 1. The van der Waals surface area contributed by atoms with Gasteiger partial charge in [-0.25, -0.2) is 0 Å². The highest BCUT2D eigenvalue weighted by Crippen LogP contribution is 2.36. The molecule has 3 rings (SSSR count). The molecule has 0 radical (unpaired) electrons. The molecular weight excluding hydrogens is 394 g/mol. The van der Waals surface area contributed by atoms with Gasteiger partial charge in [-0.05, 0) is 48.8 Å². The lowest BCUT2D eigenvalue weighted by Crippen LogP contribution is -2.29. The van der Waals surface area contributed by atoms with Crippen molar-refractivity contribution in [2.24, 2.45) is 5.92 Å². The molecule has 2 atom stereocenters. The van der Waals surface area contributed by atoms with Crippen LogP contribution in [0, 0.1) is 5.92 Å². The second-order valence-corrected chi connectivity index (χ2v) is 7.55. The standard InChI is InChI=1S/C21H22F6N2/c1-29(13-16-10-28-11-19(16)15-5-3-2-4-6-15)12-14-7-17(20(22,23)24)9-18(8-14)21(25,26)27/h2-9,16,19,28H,10-13H2,1H3/t16?,19-/m0/s1. The van der Waals surface area contributed by atoms with Crippen molar-refractivity contribution >= 4 is 0 Å². The van der Waals surface area contributed by atoms with Crippen LogP contribution in [0.3, 0.4) is 0 Å². The molecule has 2 aromatic rings. The van der Waals surface area contributed by atoms with Crippen LogP contribution in [0.2, 0.25) is 0 Å². The fourth-order valence-corrected chi connectivity index (χ4v) is 3.90. The van der Waals surface area contributed by atoms with Gasteiger partial charge < -0.3 is 10.2 Å². The fourth-order valence-electron chi connectivity index (χ4n) is 3.90. The maximum atomic E-state index is 13.1. The number of rotatable bonds is 5. The Morgan fingerprint density at radius 3 is 2.03 bits per heavy atom. The van der Waals surface area contributed by atoms with E-state index in [0.717, 1.165) is 25.2 Å². The average molecular weight is 416 g/mol. The maximum Gasteiger partial charge on any atom is 0.416 e. The Bertz CT molecular complexity index is 784. The quantitative estimate of drug-likeness (QED) is 0.678. The van der Waals surface area contributed by atoms with Gasteiger partial charge in [0.1, 0.15) is 0 Å². The molecule has 1 unspecified atom stereocenters. The first-order valence-electron chi connectivity index (χ1n) is 9.26. The molecule has 1 saturated heterocycles. The summed E-state index contributed by atoms with van der Waals surface area (Å²) in [5.74, 6) is 0.473. The minimum absolute atomic E-state index is 0.00290. The van der Waals surface area contributed by atoms with Crippen molar-refractivity contribution in [3.63, 3.8) is 0 Å². The summed E-state index contributed by atoms with van der Waals surface area (Å²) in [7, 11) is 1.72. The summed E-state index contributed by atoms with van der Waals surface area (Å²) in [6.45, 7) is 2.11. The molecule has 158 valence electrons. The van der Waals surface area contributed by atoms with E-state index in [-0.39, 0.29) is 30.0 Å². The number of alkyl halides is 6. The topological polar surface area (TPSA) is 15.3 Å². The molecule has 0 spiro atoms. The summed E-state index contributed by atoms with van der Waals surface area (Å²) in [5, 5.41) is 3.32. The van der Waals surface area contributed by atoms with Gasteiger partial charge in [0.25, 0.3) is 0 Å². The third-order valence-electron chi connectivity index (χ3n) is 5.21. The minimum atomic E-state index is -4.83. The third kappa shape index (κ3) is 5.51. The minimum Gasteiger partial charge on any atom is -0.316 e. The first-order chi connectivity index (χ1) is 13.5. The van der Waals surface area contributed by atoms with Gasteiger partial charge >= 0.3 is 12.4 Å². The first-order valence-corrected chi connectivity index (χ1v) is 9.26. The summed E-state index contributed by atoms with van der Waals surface area (Å²) in [4.78, 5) is 1.78. The van der Waals surface area contributed by atoms with Crippen LogP contribution in [0.25, 0.3) is 0 Å². The van der Waals surface area contributed by atoms with Crippen LogP contribution < -0.4 is 5.32 Å². The summed E-state index contributed by atoms with van der Waals surface area (Å²) in [6.07, 6.45) is -9.66. The predicted molar refractivity (Wildman–Crippen MR) is 98.3 cm³/mol. The van der Waals surface area contributed by atoms with Gasteiger partial charge in [0, 0.05) is 25.6 Å². The smallest absolute Gasteiger partial charge is 0.316 e. The molecule has 29 heavy (non-hydrogen) atoms. The predicted octanol–water partition coefficient (Wildman–Crippen LogP) is 5.16. The number of nitrogens with zero attached hydrogens (tertiary/aromatic N) is 1. The van der Waals surface area contributed by atoms with Gasteiger partial charge in [0.2, 0.25) is 0 Å². The second-order valence-electron chi connectivity index (χ2n) is 7.55. The molecule has 2 nitrogen and oxygen atoms in total. The van der Waals surface area contributed by atoms with E-state index in [1.807, 2.05) is 30.3 Å². The molecule has 0 bridgehead atoms. The monoisotopic (exact) mass is 416 g/mol. The zero-order valence-corrected chi connectivity index (χ0v) is 15.8. The molecular formula is C21H22F6N2. The van der Waals surface area contributed by atoms with Crippen LogP contribution in [0.4, 0.5) is 26.3 Å². The van der Waals surface area contributed by atoms with Crippen molar-refractivity contribution in [3.8, 4) is 0 Å². The summed E-state index contributed by atoms with van der Waals surface area (Å²) < 4.78 is 78.3. The van der Waals surface area contributed by atoms with E-state index < -0.39 is 23.5 Å². The zero-order valence-electron chi connectivity index (χ0n) is 15.8. The maximum absolute atomic E-state index is 13.1. The molecule has 2 aromatic carbocycles. The largest absolute Gasteiger partial charge is 0.416 e. The molecule has 8 heteroatoms. The number of hydrogen-bond acceptors (Lipinski definition) is 2. The normalized spacial score (nSPS) is 20.4. The van der Waals surface area contributed by atoms with Crippen molar-refractivity contribution in [2.45, 2.75) is 24.8 Å². The van der Waals surface area contributed by atoms with E-state index in [0.29, 0.717) is 6.54 Å². The van der Waals surface area contributed by atoms with Gasteiger partial charge in [-0.2, -0.15) is 26.3 Å². The van der Waals surface area contributed by atoms with Crippen LogP contribution in [0.1, 0.15) is 28.2 Å². The Labute approximate surface area is 165 Å². The molecule has 0 amide bonds. The zero-order chi connectivity index (χ0) is 21.2. The Kier molecular flexibility index (Phi) is 6.24. The van der Waals surface area contributed by atoms with E-state index in [2.05, 4.69) is 5.32 Å². The van der Waals surface area contributed by atoms with Crippen molar-refractivity contribution < 1.29 is 26.3 Å². The van der Waals surface area contributed by atoms with E-state index in [9.17, 15) is 26.3 Å². The second kappa shape index (κ2) is 8.36. The van der Waals surface area contributed by atoms with Crippen molar-refractivity contribution in [1.82, 2.24) is 10.2 Å². The third-order valence-corrected chi connectivity index (χ3v) is 5.21. The highest BCUT2D eigenvalue weighted by molar-refractivity contribution is 5.33. The molecule has 1 fully saturated rings. The van der Waals surface area contributed by atoms with E-state index in [1.54, 1.807) is 11.9 Å². The first kappa shape index (κ1) is 21.6. The lowest BCUT2D eigenvalue weighted by molar-refractivity contribution is -0.143. The number of nitrogens with one attached hydrogen (secondary N) is 1. The molecule has 1 heterocycles. The molecule has 0 aliphatic carbocycles. The van der Waals surface area contributed by atoms with E-state index >= 15 is 0 Å². The van der Waals surface area contributed by atoms with Crippen LogP contribution >= 0.6 is 0 Å². The Balaban J connectivity index is 1.75. The number of halogens is 6. The molecule has 0 saturated carbocycles. The SMILES string of the molecule is CN(Cc1cc(C(F)(F)F)cc(C(F)(F)F)c1)CC1CNC[C@H]1c1ccccc1. The van der Waals surface area contributed by atoms with Gasteiger partial charge in [-0.3, -0.25) is 0 Å². The van der Waals surface area contributed by atoms with Crippen LogP contribution in [-0.2, 0) is 18.9 Å². The van der Waals surface area contributed by atoms with Crippen molar-refractivity contribution in [2.75, 3.05) is 26.7 Å². The van der Waals surface area contributed by atoms with Crippen LogP contribution in [0.5, 0.6) is 0 Å². The highest BCUT2D eigenvalue weighted by atomic mass is 19.4. The summed E-state index contributed by atoms with van der Waals surface area (Å²) >= 11 is 0. The van der Waals surface area contributed by atoms with Gasteiger partial charge in [-0.15, -0.1) is 0 Å². The van der Waals surface area contributed by atoms with Gasteiger partial charge in [0.15, 0.2) is 0 Å². The highest BCUT2D eigenvalue weighted by Gasteiger charge is 2.37. The summed E-state index contributed by atoms with van der Waals surface area (Å²) in [6, 6.07) is 11.7. The van der Waals surface area contributed by atoms with Gasteiger partial charge in [-0.1, -0.05) is 30.3 Å². The van der Waals surface area contributed by atoms with Crippen LogP contribution in [-0.4, -0.2) is 31.6 Å². The summed E-state index contributed by atoms with van der Waals surface area (Å²) in [5.41, 5.74) is -1.38. The molecule has 0 aromatic heterocycles. The Hall–Kier alpha value is -2.06. The average Bonchev–Trinajstić information content (AvgIpc) is 3.08. The Morgan fingerprint density at radius 2 is 1.48 bits per heavy atom. The molecule has 1 N–H and O–H groups in total. The number of benzene rings is 2. The lowest BCUT2D eigenvalue weighted by atomic mass is 9.88. The van der Waals surface area contributed by atoms with Crippen LogP contribution in [0.15, 0.2) is 48.5 Å². The van der Waals surface area contributed by atoms with E-state index in [4.69, 9.17) is 0 Å². The Morgan fingerprint density at radius 1 is 0.897 bits per heavy atom. The lowest BCUT2D eigenvalue weighted by Gasteiger charge is -2.26. The van der Waals surface area contributed by atoms with Crippen molar-refractivity contribution in [1.29, 1.82) is 0 Å². The molecule has 1 aliphatic heterocycles. The van der Waals surface area contributed by atoms with Crippen molar-refractivity contribution in [3.05, 3.63) is 70.8 Å². The molecule has 1 aliphatic rings. The van der Waals surface area contributed by atoms with Gasteiger partial charge in [0.05, 0.1) is 11.1 Å².